The van der Waals surface area contributed by atoms with Crippen LogP contribution >= 0.6 is 0 Å². The van der Waals surface area contributed by atoms with Gasteiger partial charge >= 0.3 is 0 Å². The lowest BCUT2D eigenvalue weighted by Crippen LogP contribution is -2.38. The van der Waals surface area contributed by atoms with Crippen LogP contribution in [0.25, 0.3) is 0 Å². The number of amides is 2. The van der Waals surface area contributed by atoms with Crippen molar-refractivity contribution in [3.8, 4) is 0 Å². The minimum atomic E-state index is -0.471. The summed E-state index contributed by atoms with van der Waals surface area (Å²) in [5.41, 5.74) is 1.91. The van der Waals surface area contributed by atoms with Gasteiger partial charge < -0.3 is 10.2 Å². The number of anilines is 1. The Balaban J connectivity index is 2.09. The van der Waals surface area contributed by atoms with Gasteiger partial charge in [-0.15, -0.1) is 0 Å². The Morgan fingerprint density at radius 2 is 1.88 bits per heavy atom. The third-order valence-corrected chi connectivity index (χ3v) is 3.61. The van der Waals surface area contributed by atoms with Crippen molar-refractivity contribution < 1.29 is 14.0 Å². The number of rotatable bonds is 6. The first-order valence-electron chi connectivity index (χ1n) is 7.91. The maximum absolute atomic E-state index is 13.3. The Hall–Kier alpha value is -2.69. The monoisotopic (exact) mass is 328 g/mol. The molecule has 5 heteroatoms. The molecule has 2 aromatic carbocycles. The van der Waals surface area contributed by atoms with E-state index in [-0.39, 0.29) is 23.9 Å². The number of halogens is 1. The standard InChI is InChI=1S/C19H21FN2O2/c1-3-11-22(19(24)15-8-6-9-16(20)12-15)13-18(23)21-17-10-5-4-7-14(17)2/h4-10,12H,3,11,13H2,1-2H3,(H,21,23). The fourth-order valence-corrected chi connectivity index (χ4v) is 2.40. The zero-order chi connectivity index (χ0) is 17.5. The van der Waals surface area contributed by atoms with E-state index < -0.39 is 5.82 Å². The van der Waals surface area contributed by atoms with Gasteiger partial charge in [-0.25, -0.2) is 4.39 Å². The second kappa shape index (κ2) is 8.24. The van der Waals surface area contributed by atoms with Crippen LogP contribution in [-0.2, 0) is 4.79 Å². The van der Waals surface area contributed by atoms with E-state index >= 15 is 0 Å². The molecule has 2 rings (SSSR count). The van der Waals surface area contributed by atoms with Gasteiger partial charge in [0.25, 0.3) is 5.91 Å². The van der Waals surface area contributed by atoms with E-state index in [0.717, 1.165) is 11.3 Å². The molecule has 0 spiro atoms. The molecular formula is C19H21FN2O2. The van der Waals surface area contributed by atoms with Crippen LogP contribution in [0.15, 0.2) is 48.5 Å². The quantitative estimate of drug-likeness (QED) is 0.880. The van der Waals surface area contributed by atoms with Crippen LogP contribution < -0.4 is 5.32 Å². The van der Waals surface area contributed by atoms with Gasteiger partial charge in [-0.3, -0.25) is 9.59 Å². The summed E-state index contributed by atoms with van der Waals surface area (Å²) >= 11 is 0. The average Bonchev–Trinajstić information content (AvgIpc) is 2.56. The van der Waals surface area contributed by atoms with E-state index in [1.165, 1.54) is 23.1 Å². The highest BCUT2D eigenvalue weighted by molar-refractivity contribution is 5.99. The van der Waals surface area contributed by atoms with E-state index in [9.17, 15) is 14.0 Å². The average molecular weight is 328 g/mol. The highest BCUT2D eigenvalue weighted by Gasteiger charge is 2.19. The van der Waals surface area contributed by atoms with Gasteiger partial charge in [0.15, 0.2) is 0 Å². The number of hydrogen-bond donors (Lipinski definition) is 1. The zero-order valence-corrected chi connectivity index (χ0v) is 13.9. The molecule has 0 atom stereocenters. The van der Waals surface area contributed by atoms with Gasteiger partial charge in [-0.1, -0.05) is 31.2 Å². The summed E-state index contributed by atoms with van der Waals surface area (Å²) in [6, 6.07) is 12.9. The van der Waals surface area contributed by atoms with Crippen LogP contribution in [0.2, 0.25) is 0 Å². The number of nitrogens with zero attached hydrogens (tertiary/aromatic N) is 1. The minimum Gasteiger partial charge on any atom is -0.329 e. The predicted molar refractivity (Wildman–Crippen MR) is 92.4 cm³/mol. The summed E-state index contributed by atoms with van der Waals surface area (Å²) in [6.45, 7) is 4.18. The van der Waals surface area contributed by atoms with E-state index in [1.807, 2.05) is 38.1 Å². The zero-order valence-electron chi connectivity index (χ0n) is 13.9. The third kappa shape index (κ3) is 4.65. The number of benzene rings is 2. The van der Waals surface area contributed by atoms with Crippen molar-refractivity contribution in [3.63, 3.8) is 0 Å². The second-order valence-corrected chi connectivity index (χ2v) is 5.60. The third-order valence-electron chi connectivity index (χ3n) is 3.61. The maximum atomic E-state index is 13.3. The fraction of sp³-hybridized carbons (Fsp3) is 0.263. The highest BCUT2D eigenvalue weighted by Crippen LogP contribution is 2.13. The van der Waals surface area contributed by atoms with Gasteiger partial charge in [0.1, 0.15) is 12.4 Å². The summed E-state index contributed by atoms with van der Waals surface area (Å²) in [7, 11) is 0. The molecule has 0 saturated heterocycles. The van der Waals surface area contributed by atoms with Gasteiger partial charge in [-0.2, -0.15) is 0 Å². The van der Waals surface area contributed by atoms with Crippen LogP contribution in [0.1, 0.15) is 29.3 Å². The molecule has 0 aliphatic heterocycles. The largest absolute Gasteiger partial charge is 0.329 e. The number of aryl methyl sites for hydroxylation is 1. The Labute approximate surface area is 141 Å². The van der Waals surface area contributed by atoms with E-state index in [1.54, 1.807) is 6.07 Å². The lowest BCUT2D eigenvalue weighted by molar-refractivity contribution is -0.116. The predicted octanol–water partition coefficient (Wildman–Crippen LogP) is 3.63. The number of carbonyl (C=O) groups excluding carboxylic acids is 2. The van der Waals surface area contributed by atoms with Crippen molar-refractivity contribution in [3.05, 3.63) is 65.5 Å². The lowest BCUT2D eigenvalue weighted by Gasteiger charge is -2.22. The van der Waals surface area contributed by atoms with Crippen molar-refractivity contribution in [1.82, 2.24) is 4.90 Å². The van der Waals surface area contributed by atoms with Crippen molar-refractivity contribution in [1.29, 1.82) is 0 Å². The summed E-state index contributed by atoms with van der Waals surface area (Å²) in [5, 5.41) is 2.81. The first-order valence-corrected chi connectivity index (χ1v) is 7.91. The van der Waals surface area contributed by atoms with Gasteiger partial charge in [0.05, 0.1) is 0 Å². The van der Waals surface area contributed by atoms with Gasteiger partial charge in [-0.05, 0) is 43.2 Å². The van der Waals surface area contributed by atoms with Crippen molar-refractivity contribution in [2.24, 2.45) is 0 Å². The van der Waals surface area contributed by atoms with Crippen LogP contribution in [0.5, 0.6) is 0 Å². The summed E-state index contributed by atoms with van der Waals surface area (Å²) in [5.74, 6) is -1.10. The Morgan fingerprint density at radius 1 is 1.12 bits per heavy atom. The topological polar surface area (TPSA) is 49.4 Å². The van der Waals surface area contributed by atoms with Crippen LogP contribution in [0.3, 0.4) is 0 Å². The SMILES string of the molecule is CCCN(CC(=O)Nc1ccccc1C)C(=O)c1cccc(F)c1. The molecule has 4 nitrogen and oxygen atoms in total. The molecule has 0 heterocycles. The van der Waals surface area contributed by atoms with Gasteiger partial charge in [0, 0.05) is 17.8 Å². The van der Waals surface area contributed by atoms with Crippen LogP contribution in [-0.4, -0.2) is 29.8 Å². The molecule has 1 N–H and O–H groups in total. The molecule has 2 aromatic rings. The molecule has 0 radical (unpaired) electrons. The molecule has 126 valence electrons. The number of hydrogen-bond acceptors (Lipinski definition) is 2. The molecule has 0 aliphatic rings. The number of carbonyl (C=O) groups is 2. The summed E-state index contributed by atoms with van der Waals surface area (Å²) < 4.78 is 13.3. The molecular weight excluding hydrogens is 307 g/mol. The van der Waals surface area contributed by atoms with Crippen molar-refractivity contribution >= 4 is 17.5 Å². The van der Waals surface area contributed by atoms with E-state index in [4.69, 9.17) is 0 Å². The molecule has 0 unspecified atom stereocenters. The molecule has 0 aliphatic carbocycles. The second-order valence-electron chi connectivity index (χ2n) is 5.60. The summed E-state index contributed by atoms with van der Waals surface area (Å²) in [4.78, 5) is 26.2. The molecule has 24 heavy (non-hydrogen) atoms. The van der Waals surface area contributed by atoms with Crippen molar-refractivity contribution in [2.75, 3.05) is 18.4 Å². The van der Waals surface area contributed by atoms with E-state index in [0.29, 0.717) is 13.0 Å². The van der Waals surface area contributed by atoms with Crippen LogP contribution in [0, 0.1) is 12.7 Å². The minimum absolute atomic E-state index is 0.0719. The maximum Gasteiger partial charge on any atom is 0.254 e. The molecule has 2 amide bonds. The van der Waals surface area contributed by atoms with Crippen LogP contribution in [0.4, 0.5) is 10.1 Å². The Bertz CT molecular complexity index is 731. The highest BCUT2D eigenvalue weighted by atomic mass is 19.1. The molecule has 0 fully saturated rings. The number of nitrogens with one attached hydrogen (secondary N) is 1. The van der Waals surface area contributed by atoms with Crippen molar-refractivity contribution in [2.45, 2.75) is 20.3 Å². The molecule has 0 aromatic heterocycles. The smallest absolute Gasteiger partial charge is 0.254 e. The Kier molecular flexibility index (Phi) is 6.07. The number of para-hydroxylation sites is 1. The lowest BCUT2D eigenvalue weighted by atomic mass is 10.2. The summed E-state index contributed by atoms with van der Waals surface area (Å²) in [6.07, 6.45) is 0.707. The normalized spacial score (nSPS) is 10.3. The van der Waals surface area contributed by atoms with Gasteiger partial charge in [0.2, 0.25) is 5.91 Å². The Morgan fingerprint density at radius 3 is 2.54 bits per heavy atom. The molecule has 0 bridgehead atoms. The van der Waals surface area contributed by atoms with E-state index in [2.05, 4.69) is 5.32 Å². The first kappa shape index (κ1) is 17.7. The molecule has 0 saturated carbocycles. The first-order chi connectivity index (χ1) is 11.5. The fourth-order valence-electron chi connectivity index (χ4n) is 2.40.